The third-order valence-electron chi connectivity index (χ3n) is 3.64. The van der Waals surface area contributed by atoms with E-state index in [1.54, 1.807) is 13.8 Å². The maximum Gasteiger partial charge on any atom is 0.309 e. The molecule has 0 bridgehead atoms. The second kappa shape index (κ2) is 6.60. The van der Waals surface area contributed by atoms with Crippen LogP contribution in [-0.2, 0) is 4.79 Å². The largest absolute Gasteiger partial charge is 0.494 e. The highest BCUT2D eigenvalue weighted by molar-refractivity contribution is 5.73. The molecular weight excluding hydrogens is 240 g/mol. The van der Waals surface area contributed by atoms with E-state index in [9.17, 15) is 4.79 Å². The van der Waals surface area contributed by atoms with E-state index in [-0.39, 0.29) is 0 Å². The van der Waals surface area contributed by atoms with Gasteiger partial charge in [0.2, 0.25) is 0 Å². The molecule has 1 aromatic rings. The Morgan fingerprint density at radius 2 is 1.89 bits per heavy atom. The first kappa shape index (κ1) is 15.5. The van der Waals surface area contributed by atoms with Crippen molar-refractivity contribution in [2.45, 2.75) is 46.5 Å². The summed E-state index contributed by atoms with van der Waals surface area (Å²) < 4.78 is 5.60. The molecule has 3 heteroatoms. The van der Waals surface area contributed by atoms with Crippen molar-refractivity contribution in [3.8, 4) is 5.75 Å². The van der Waals surface area contributed by atoms with Crippen LogP contribution < -0.4 is 4.74 Å². The highest BCUT2D eigenvalue weighted by Crippen LogP contribution is 2.23. The summed E-state index contributed by atoms with van der Waals surface area (Å²) in [7, 11) is 0. The first-order valence-electron chi connectivity index (χ1n) is 6.83. The van der Waals surface area contributed by atoms with Gasteiger partial charge in [0, 0.05) is 0 Å². The highest BCUT2D eigenvalue weighted by Gasteiger charge is 2.26. The van der Waals surface area contributed by atoms with Crippen molar-refractivity contribution in [3.63, 3.8) is 0 Å². The zero-order chi connectivity index (χ0) is 14.5. The lowest BCUT2D eigenvalue weighted by atomic mass is 9.90. The molecule has 0 saturated carbocycles. The molecule has 106 valence electrons. The van der Waals surface area contributed by atoms with Crippen molar-refractivity contribution in [2.24, 2.45) is 5.41 Å². The Kier molecular flexibility index (Phi) is 5.40. The summed E-state index contributed by atoms with van der Waals surface area (Å²) >= 11 is 0. The van der Waals surface area contributed by atoms with Gasteiger partial charge in [-0.2, -0.15) is 0 Å². The number of benzene rings is 1. The van der Waals surface area contributed by atoms with Crippen LogP contribution in [0.1, 0.15) is 52.0 Å². The molecule has 0 spiro atoms. The number of carbonyl (C=O) groups is 1. The van der Waals surface area contributed by atoms with E-state index in [1.165, 1.54) is 5.56 Å². The fraction of sp³-hybridized carbons (Fsp3) is 0.562. The quantitative estimate of drug-likeness (QED) is 0.807. The zero-order valence-corrected chi connectivity index (χ0v) is 12.3. The van der Waals surface area contributed by atoms with Crippen molar-refractivity contribution in [1.29, 1.82) is 0 Å². The topological polar surface area (TPSA) is 46.5 Å². The SMILES string of the molecule is CCC(C)c1ccc(OCCC(C)(C)C(=O)O)cc1. The van der Waals surface area contributed by atoms with Crippen molar-refractivity contribution in [1.82, 2.24) is 0 Å². The number of carboxylic acids is 1. The third kappa shape index (κ3) is 4.58. The lowest BCUT2D eigenvalue weighted by Gasteiger charge is -2.19. The standard InChI is InChI=1S/C16H24O3/c1-5-12(2)13-6-8-14(9-7-13)19-11-10-16(3,4)15(17)18/h6-9,12H,5,10-11H2,1-4H3,(H,17,18). The van der Waals surface area contributed by atoms with E-state index < -0.39 is 11.4 Å². The van der Waals surface area contributed by atoms with Crippen LogP contribution in [0.3, 0.4) is 0 Å². The van der Waals surface area contributed by atoms with Gasteiger partial charge in [0.1, 0.15) is 5.75 Å². The summed E-state index contributed by atoms with van der Waals surface area (Å²) in [4.78, 5) is 11.0. The molecular formula is C16H24O3. The summed E-state index contributed by atoms with van der Waals surface area (Å²) in [6, 6.07) is 8.06. The Balaban J connectivity index is 2.49. The van der Waals surface area contributed by atoms with Crippen LogP contribution in [0.5, 0.6) is 5.75 Å². The van der Waals surface area contributed by atoms with Gasteiger partial charge >= 0.3 is 5.97 Å². The third-order valence-corrected chi connectivity index (χ3v) is 3.64. The van der Waals surface area contributed by atoms with Gasteiger partial charge in [-0.25, -0.2) is 0 Å². The predicted molar refractivity (Wildman–Crippen MR) is 76.7 cm³/mol. The van der Waals surface area contributed by atoms with Crippen LogP contribution in [0, 0.1) is 5.41 Å². The molecule has 0 heterocycles. The molecule has 1 rings (SSSR count). The van der Waals surface area contributed by atoms with Crippen molar-refractivity contribution >= 4 is 5.97 Å². The number of aliphatic carboxylic acids is 1. The van der Waals surface area contributed by atoms with E-state index in [1.807, 2.05) is 12.1 Å². The van der Waals surface area contributed by atoms with Gasteiger partial charge in [0.15, 0.2) is 0 Å². The second-order valence-corrected chi connectivity index (χ2v) is 5.67. The van der Waals surface area contributed by atoms with Crippen molar-refractivity contribution in [3.05, 3.63) is 29.8 Å². The minimum Gasteiger partial charge on any atom is -0.494 e. The number of carboxylic acid groups (broad SMARTS) is 1. The molecule has 0 fully saturated rings. The summed E-state index contributed by atoms with van der Waals surface area (Å²) in [6.07, 6.45) is 1.61. The van der Waals surface area contributed by atoms with E-state index in [0.29, 0.717) is 18.9 Å². The van der Waals surface area contributed by atoms with E-state index in [0.717, 1.165) is 12.2 Å². The summed E-state index contributed by atoms with van der Waals surface area (Å²) in [6.45, 7) is 8.21. The average molecular weight is 264 g/mol. The maximum absolute atomic E-state index is 11.0. The number of hydrogen-bond acceptors (Lipinski definition) is 2. The van der Waals surface area contributed by atoms with Crippen LogP contribution >= 0.6 is 0 Å². The number of hydrogen-bond donors (Lipinski definition) is 1. The smallest absolute Gasteiger partial charge is 0.309 e. The first-order valence-corrected chi connectivity index (χ1v) is 6.83. The van der Waals surface area contributed by atoms with Crippen LogP contribution in [0.15, 0.2) is 24.3 Å². The monoisotopic (exact) mass is 264 g/mol. The van der Waals surface area contributed by atoms with Gasteiger partial charge < -0.3 is 9.84 Å². The minimum atomic E-state index is -0.789. The molecule has 19 heavy (non-hydrogen) atoms. The molecule has 0 aliphatic carbocycles. The Morgan fingerprint density at radius 3 is 2.37 bits per heavy atom. The molecule has 0 aliphatic rings. The van der Waals surface area contributed by atoms with Gasteiger partial charge in [-0.3, -0.25) is 4.79 Å². The molecule has 0 saturated heterocycles. The molecule has 0 aromatic heterocycles. The molecule has 1 unspecified atom stereocenters. The predicted octanol–water partition coefficient (Wildman–Crippen LogP) is 4.08. The Labute approximate surface area is 115 Å². The molecule has 0 radical (unpaired) electrons. The van der Waals surface area contributed by atoms with Gasteiger partial charge in [-0.05, 0) is 50.3 Å². The summed E-state index contributed by atoms with van der Waals surface area (Å²) in [5.41, 5.74) is 0.567. The fourth-order valence-electron chi connectivity index (χ4n) is 1.66. The first-order chi connectivity index (χ1) is 8.86. The fourth-order valence-corrected chi connectivity index (χ4v) is 1.66. The zero-order valence-electron chi connectivity index (χ0n) is 12.3. The maximum atomic E-state index is 11.0. The van der Waals surface area contributed by atoms with E-state index >= 15 is 0 Å². The van der Waals surface area contributed by atoms with Crippen LogP contribution in [0.2, 0.25) is 0 Å². The van der Waals surface area contributed by atoms with Gasteiger partial charge in [-0.15, -0.1) is 0 Å². The highest BCUT2D eigenvalue weighted by atomic mass is 16.5. The normalized spacial score (nSPS) is 13.1. The van der Waals surface area contributed by atoms with Gasteiger partial charge in [0.25, 0.3) is 0 Å². The average Bonchev–Trinajstić information content (AvgIpc) is 2.38. The summed E-state index contributed by atoms with van der Waals surface area (Å²) in [5.74, 6) is 0.566. The molecule has 1 atom stereocenters. The molecule has 3 nitrogen and oxygen atoms in total. The van der Waals surface area contributed by atoms with E-state index in [2.05, 4.69) is 26.0 Å². The Hall–Kier alpha value is -1.51. The van der Waals surface area contributed by atoms with Crippen LogP contribution in [0.4, 0.5) is 0 Å². The van der Waals surface area contributed by atoms with Crippen molar-refractivity contribution in [2.75, 3.05) is 6.61 Å². The molecule has 0 amide bonds. The number of rotatable bonds is 7. The van der Waals surface area contributed by atoms with Crippen molar-refractivity contribution < 1.29 is 14.6 Å². The molecule has 0 aliphatic heterocycles. The Bertz CT molecular complexity index is 407. The van der Waals surface area contributed by atoms with E-state index in [4.69, 9.17) is 9.84 Å². The minimum absolute atomic E-state index is 0.419. The molecule has 1 N–H and O–H groups in total. The van der Waals surface area contributed by atoms with Crippen LogP contribution in [0.25, 0.3) is 0 Å². The molecule has 1 aromatic carbocycles. The lowest BCUT2D eigenvalue weighted by Crippen LogP contribution is -2.25. The second-order valence-electron chi connectivity index (χ2n) is 5.67. The lowest BCUT2D eigenvalue weighted by molar-refractivity contribution is -0.147. The van der Waals surface area contributed by atoms with Crippen LogP contribution in [-0.4, -0.2) is 17.7 Å². The summed E-state index contributed by atoms with van der Waals surface area (Å²) in [5, 5.41) is 9.01. The van der Waals surface area contributed by atoms with Gasteiger partial charge in [0.05, 0.1) is 12.0 Å². The van der Waals surface area contributed by atoms with Gasteiger partial charge in [-0.1, -0.05) is 26.0 Å². The number of ether oxygens (including phenoxy) is 1. The Morgan fingerprint density at radius 1 is 1.32 bits per heavy atom.